The lowest BCUT2D eigenvalue weighted by Crippen LogP contribution is -2.50. The summed E-state index contributed by atoms with van der Waals surface area (Å²) in [5.74, 6) is 0.461. The van der Waals surface area contributed by atoms with Gasteiger partial charge < -0.3 is 24.0 Å². The Morgan fingerprint density at radius 3 is 2.11 bits per heavy atom. The predicted octanol–water partition coefficient (Wildman–Crippen LogP) is 2.77. The van der Waals surface area contributed by atoms with Gasteiger partial charge in [-0.3, -0.25) is 4.79 Å². The number of ether oxygens (including phenoxy) is 3. The zero-order valence-corrected chi connectivity index (χ0v) is 16.0. The van der Waals surface area contributed by atoms with Crippen LogP contribution in [-0.4, -0.2) is 67.3 Å². The molecule has 0 spiro atoms. The smallest absolute Gasteiger partial charge is 0.449 e. The largest absolute Gasteiger partial charge is 0.513 e. The van der Waals surface area contributed by atoms with E-state index in [1.807, 2.05) is 13.8 Å². The van der Waals surface area contributed by atoms with E-state index in [-0.39, 0.29) is 24.5 Å². The van der Waals surface area contributed by atoms with Crippen LogP contribution in [0.5, 0.6) is 5.75 Å². The Balaban J connectivity index is 1.84. The molecule has 1 aliphatic heterocycles. The van der Waals surface area contributed by atoms with Crippen LogP contribution in [0.2, 0.25) is 0 Å². The van der Waals surface area contributed by atoms with Gasteiger partial charge in [-0.2, -0.15) is 0 Å². The molecular weight excluding hydrogens is 352 g/mol. The number of hydrogen-bond acceptors (Lipinski definition) is 6. The average molecular weight is 378 g/mol. The third-order valence-electron chi connectivity index (χ3n) is 3.93. The molecule has 1 aromatic carbocycles. The standard InChI is InChI=1S/C19H26N2O6/c1-4-25-19(24)27-16-7-5-15(6-8-16)17(22)20-9-11-21(12-10-20)18(23)26-13-14(2)3/h5-8,14H,4,9-13H2,1-3H3. The van der Waals surface area contributed by atoms with Crippen molar-refractivity contribution in [3.63, 3.8) is 0 Å². The molecule has 1 aliphatic rings. The molecular formula is C19H26N2O6. The normalized spacial score (nSPS) is 14.1. The molecule has 0 saturated carbocycles. The van der Waals surface area contributed by atoms with Gasteiger partial charge in [0.05, 0.1) is 13.2 Å². The van der Waals surface area contributed by atoms with E-state index in [0.29, 0.717) is 44.1 Å². The first kappa shape index (κ1) is 20.5. The minimum absolute atomic E-state index is 0.132. The number of piperazine rings is 1. The van der Waals surface area contributed by atoms with Crippen molar-refractivity contribution in [2.24, 2.45) is 5.92 Å². The Kier molecular flexibility index (Phi) is 7.45. The monoisotopic (exact) mass is 378 g/mol. The van der Waals surface area contributed by atoms with Crippen LogP contribution >= 0.6 is 0 Å². The maximum atomic E-state index is 12.6. The molecule has 1 fully saturated rings. The molecule has 0 atom stereocenters. The molecule has 0 aromatic heterocycles. The van der Waals surface area contributed by atoms with Gasteiger partial charge in [-0.25, -0.2) is 9.59 Å². The molecule has 1 saturated heterocycles. The number of benzene rings is 1. The van der Waals surface area contributed by atoms with Gasteiger partial charge in [0.1, 0.15) is 5.75 Å². The zero-order valence-electron chi connectivity index (χ0n) is 16.0. The van der Waals surface area contributed by atoms with Crippen LogP contribution in [0.3, 0.4) is 0 Å². The third kappa shape index (κ3) is 6.16. The summed E-state index contributed by atoms with van der Waals surface area (Å²) in [6, 6.07) is 6.29. The van der Waals surface area contributed by atoms with Crippen LogP contribution in [0, 0.1) is 5.92 Å². The lowest BCUT2D eigenvalue weighted by Gasteiger charge is -2.34. The Bertz CT molecular complexity index is 651. The van der Waals surface area contributed by atoms with Gasteiger partial charge in [0, 0.05) is 31.7 Å². The van der Waals surface area contributed by atoms with Crippen molar-refractivity contribution in [2.45, 2.75) is 20.8 Å². The predicted molar refractivity (Wildman–Crippen MR) is 97.8 cm³/mol. The fourth-order valence-corrected chi connectivity index (χ4v) is 2.51. The van der Waals surface area contributed by atoms with Crippen molar-refractivity contribution < 1.29 is 28.6 Å². The molecule has 0 bridgehead atoms. The summed E-state index contributed by atoms with van der Waals surface area (Å²) in [4.78, 5) is 39.1. The van der Waals surface area contributed by atoms with Crippen LogP contribution < -0.4 is 4.74 Å². The van der Waals surface area contributed by atoms with Crippen molar-refractivity contribution >= 4 is 18.2 Å². The highest BCUT2D eigenvalue weighted by Gasteiger charge is 2.25. The summed E-state index contributed by atoms with van der Waals surface area (Å²) in [6.45, 7) is 8.02. The fourth-order valence-electron chi connectivity index (χ4n) is 2.51. The number of nitrogens with zero attached hydrogens (tertiary/aromatic N) is 2. The number of hydrogen-bond donors (Lipinski definition) is 0. The lowest BCUT2D eigenvalue weighted by atomic mass is 10.1. The molecule has 1 aromatic rings. The van der Waals surface area contributed by atoms with Crippen LogP contribution in [0.25, 0.3) is 0 Å². The van der Waals surface area contributed by atoms with Crippen molar-refractivity contribution in [3.8, 4) is 5.75 Å². The second-order valence-corrected chi connectivity index (χ2v) is 6.56. The van der Waals surface area contributed by atoms with Gasteiger partial charge in [0.15, 0.2) is 0 Å². The quantitative estimate of drug-likeness (QED) is 0.579. The van der Waals surface area contributed by atoms with Crippen molar-refractivity contribution in [1.29, 1.82) is 0 Å². The third-order valence-corrected chi connectivity index (χ3v) is 3.93. The van der Waals surface area contributed by atoms with Gasteiger partial charge in [-0.15, -0.1) is 0 Å². The van der Waals surface area contributed by atoms with Crippen LogP contribution in [0.1, 0.15) is 31.1 Å². The van der Waals surface area contributed by atoms with Crippen molar-refractivity contribution in [1.82, 2.24) is 9.80 Å². The molecule has 2 amide bonds. The molecule has 8 heteroatoms. The second kappa shape index (κ2) is 9.80. The lowest BCUT2D eigenvalue weighted by molar-refractivity contribution is 0.0535. The Morgan fingerprint density at radius 1 is 0.963 bits per heavy atom. The molecule has 148 valence electrons. The first-order chi connectivity index (χ1) is 12.9. The Hall–Kier alpha value is -2.77. The highest BCUT2D eigenvalue weighted by Crippen LogP contribution is 2.16. The van der Waals surface area contributed by atoms with Gasteiger partial charge in [-0.1, -0.05) is 13.8 Å². The number of amides is 2. The van der Waals surface area contributed by atoms with Gasteiger partial charge >= 0.3 is 12.2 Å². The minimum atomic E-state index is -0.781. The van der Waals surface area contributed by atoms with Gasteiger partial charge in [0.25, 0.3) is 5.91 Å². The number of carbonyl (C=O) groups excluding carboxylic acids is 3. The maximum Gasteiger partial charge on any atom is 0.513 e. The Labute approximate surface area is 159 Å². The van der Waals surface area contributed by atoms with E-state index >= 15 is 0 Å². The summed E-state index contributed by atoms with van der Waals surface area (Å²) in [5.41, 5.74) is 0.488. The highest BCUT2D eigenvalue weighted by atomic mass is 16.7. The van der Waals surface area contributed by atoms with Gasteiger partial charge in [0.2, 0.25) is 0 Å². The van der Waals surface area contributed by atoms with Crippen LogP contribution in [-0.2, 0) is 9.47 Å². The minimum Gasteiger partial charge on any atom is -0.449 e. The summed E-state index contributed by atoms with van der Waals surface area (Å²) < 4.78 is 14.9. The van der Waals surface area contributed by atoms with Crippen molar-refractivity contribution in [3.05, 3.63) is 29.8 Å². The van der Waals surface area contributed by atoms with E-state index in [1.54, 1.807) is 41.0 Å². The Morgan fingerprint density at radius 2 is 1.56 bits per heavy atom. The van der Waals surface area contributed by atoms with E-state index in [0.717, 1.165) is 0 Å². The summed E-state index contributed by atoms with van der Waals surface area (Å²) in [7, 11) is 0. The average Bonchev–Trinajstić information content (AvgIpc) is 2.66. The molecule has 27 heavy (non-hydrogen) atoms. The van der Waals surface area contributed by atoms with Crippen LogP contribution in [0.4, 0.5) is 9.59 Å². The van der Waals surface area contributed by atoms with E-state index in [4.69, 9.17) is 14.2 Å². The highest BCUT2D eigenvalue weighted by molar-refractivity contribution is 5.94. The first-order valence-corrected chi connectivity index (χ1v) is 9.06. The molecule has 1 heterocycles. The summed E-state index contributed by atoms with van der Waals surface area (Å²) in [6.07, 6.45) is -1.12. The summed E-state index contributed by atoms with van der Waals surface area (Å²) in [5, 5.41) is 0. The topological polar surface area (TPSA) is 85.4 Å². The van der Waals surface area contributed by atoms with E-state index in [2.05, 4.69) is 0 Å². The fraction of sp³-hybridized carbons (Fsp3) is 0.526. The van der Waals surface area contributed by atoms with E-state index < -0.39 is 6.16 Å². The summed E-state index contributed by atoms with van der Waals surface area (Å²) >= 11 is 0. The van der Waals surface area contributed by atoms with Crippen LogP contribution in [0.15, 0.2) is 24.3 Å². The van der Waals surface area contributed by atoms with E-state index in [9.17, 15) is 14.4 Å². The molecule has 0 radical (unpaired) electrons. The van der Waals surface area contributed by atoms with Crippen molar-refractivity contribution in [2.75, 3.05) is 39.4 Å². The van der Waals surface area contributed by atoms with Gasteiger partial charge in [-0.05, 0) is 37.1 Å². The van der Waals surface area contributed by atoms with E-state index in [1.165, 1.54) is 0 Å². The molecule has 0 unspecified atom stereocenters. The zero-order chi connectivity index (χ0) is 19.8. The molecule has 8 nitrogen and oxygen atoms in total. The number of rotatable bonds is 5. The number of carbonyl (C=O) groups is 3. The molecule has 2 rings (SSSR count). The SMILES string of the molecule is CCOC(=O)Oc1ccc(C(=O)N2CCN(C(=O)OCC(C)C)CC2)cc1. The first-order valence-electron chi connectivity index (χ1n) is 9.06. The molecule has 0 aliphatic carbocycles. The molecule has 0 N–H and O–H groups in total. The second-order valence-electron chi connectivity index (χ2n) is 6.56. The maximum absolute atomic E-state index is 12.6.